The number of halogens is 1. The van der Waals surface area contributed by atoms with Crippen molar-refractivity contribution in [1.82, 2.24) is 10.3 Å². The smallest absolute Gasteiger partial charge is 0.270 e. The van der Waals surface area contributed by atoms with E-state index in [4.69, 9.17) is 11.6 Å². The zero-order valence-corrected chi connectivity index (χ0v) is 11.0. The molecule has 6 nitrogen and oxygen atoms in total. The number of hydrogen-bond donors (Lipinski definition) is 1. The van der Waals surface area contributed by atoms with Gasteiger partial charge >= 0.3 is 0 Å². The molecule has 1 amide bonds. The average Bonchev–Trinajstić information content (AvgIpc) is 2.46. The number of nitrogens with zero attached hydrogens (tertiary/aromatic N) is 2. The molecule has 0 radical (unpaired) electrons. The normalized spacial score (nSPS) is 10.1. The predicted octanol–water partition coefficient (Wildman–Crippen LogP) is 2.57. The summed E-state index contributed by atoms with van der Waals surface area (Å²) in [4.78, 5) is 26.0. The Bertz CT molecular complexity index is 647. The van der Waals surface area contributed by atoms with Crippen molar-refractivity contribution in [1.29, 1.82) is 0 Å². The first-order chi connectivity index (χ1) is 9.58. The van der Waals surface area contributed by atoms with Gasteiger partial charge in [-0.1, -0.05) is 11.6 Å². The van der Waals surface area contributed by atoms with Gasteiger partial charge in [0.05, 0.1) is 15.5 Å². The Morgan fingerprint density at radius 3 is 2.65 bits per heavy atom. The van der Waals surface area contributed by atoms with Gasteiger partial charge in [0.1, 0.15) is 0 Å². The molecular formula is C13H10ClN3O3. The van der Waals surface area contributed by atoms with Crippen LogP contribution < -0.4 is 5.32 Å². The molecule has 1 heterocycles. The number of aromatic nitrogens is 1. The summed E-state index contributed by atoms with van der Waals surface area (Å²) in [5, 5.41) is 13.5. The fourth-order valence-electron chi connectivity index (χ4n) is 1.58. The summed E-state index contributed by atoms with van der Waals surface area (Å²) in [5.74, 6) is -0.462. The molecular weight excluding hydrogens is 282 g/mol. The highest BCUT2D eigenvalue weighted by Crippen LogP contribution is 2.21. The third-order valence-electron chi connectivity index (χ3n) is 2.61. The van der Waals surface area contributed by atoms with E-state index in [1.54, 1.807) is 24.5 Å². The van der Waals surface area contributed by atoms with Gasteiger partial charge in [-0.25, -0.2) is 0 Å². The number of carbonyl (C=O) groups excluding carboxylic acids is 1. The average molecular weight is 292 g/mol. The highest BCUT2D eigenvalue weighted by Gasteiger charge is 2.15. The zero-order valence-electron chi connectivity index (χ0n) is 10.2. The maximum Gasteiger partial charge on any atom is 0.270 e. The summed E-state index contributed by atoms with van der Waals surface area (Å²) in [6, 6.07) is 7.26. The van der Waals surface area contributed by atoms with E-state index in [2.05, 4.69) is 10.3 Å². The van der Waals surface area contributed by atoms with Gasteiger partial charge in [-0.05, 0) is 23.8 Å². The SMILES string of the molecule is O=C(NCc1ccncc1)c1cc([N+](=O)[O-])ccc1Cl. The van der Waals surface area contributed by atoms with Crippen molar-refractivity contribution in [2.24, 2.45) is 0 Å². The van der Waals surface area contributed by atoms with Crippen molar-refractivity contribution in [2.75, 3.05) is 0 Å². The molecule has 2 rings (SSSR count). The lowest BCUT2D eigenvalue weighted by Crippen LogP contribution is -2.23. The van der Waals surface area contributed by atoms with Crippen LogP contribution in [0.5, 0.6) is 0 Å². The summed E-state index contributed by atoms with van der Waals surface area (Å²) in [6.07, 6.45) is 3.23. The van der Waals surface area contributed by atoms with Gasteiger partial charge in [-0.15, -0.1) is 0 Å². The van der Waals surface area contributed by atoms with Crippen molar-refractivity contribution in [3.05, 3.63) is 69.0 Å². The molecule has 1 N–H and O–H groups in total. The van der Waals surface area contributed by atoms with E-state index in [0.29, 0.717) is 6.54 Å². The Morgan fingerprint density at radius 2 is 2.00 bits per heavy atom. The number of hydrogen-bond acceptors (Lipinski definition) is 4. The fourth-order valence-corrected chi connectivity index (χ4v) is 1.78. The minimum absolute atomic E-state index is 0.0786. The fraction of sp³-hybridized carbons (Fsp3) is 0.0769. The van der Waals surface area contributed by atoms with Crippen LogP contribution >= 0.6 is 11.6 Å². The summed E-state index contributed by atoms with van der Waals surface area (Å²) in [7, 11) is 0. The lowest BCUT2D eigenvalue weighted by Gasteiger charge is -2.06. The van der Waals surface area contributed by atoms with E-state index in [1.807, 2.05) is 0 Å². The molecule has 7 heteroatoms. The Labute approximate surface area is 119 Å². The van der Waals surface area contributed by atoms with Crippen LogP contribution in [0.1, 0.15) is 15.9 Å². The maximum absolute atomic E-state index is 12.0. The summed E-state index contributed by atoms with van der Waals surface area (Å²) in [6.45, 7) is 0.292. The van der Waals surface area contributed by atoms with Crippen LogP contribution in [0.2, 0.25) is 5.02 Å². The van der Waals surface area contributed by atoms with Gasteiger partial charge in [-0.3, -0.25) is 19.9 Å². The standard InChI is InChI=1S/C13H10ClN3O3/c14-12-2-1-10(17(19)20)7-11(12)13(18)16-8-9-3-5-15-6-4-9/h1-7H,8H2,(H,16,18). The second-order valence-electron chi connectivity index (χ2n) is 3.96. The molecule has 1 aromatic carbocycles. The largest absolute Gasteiger partial charge is 0.348 e. The van der Waals surface area contributed by atoms with E-state index in [0.717, 1.165) is 11.6 Å². The molecule has 1 aromatic heterocycles. The molecule has 2 aromatic rings. The number of benzene rings is 1. The number of nitro benzene ring substituents is 1. The topological polar surface area (TPSA) is 85.1 Å². The number of nitro groups is 1. The van der Waals surface area contributed by atoms with Crippen LogP contribution in [0.3, 0.4) is 0 Å². The van der Waals surface area contributed by atoms with Gasteiger partial charge < -0.3 is 5.32 Å². The van der Waals surface area contributed by atoms with Crippen LogP contribution in [-0.2, 0) is 6.54 Å². The molecule has 0 saturated carbocycles. The highest BCUT2D eigenvalue weighted by atomic mass is 35.5. The van der Waals surface area contributed by atoms with E-state index in [-0.39, 0.29) is 16.3 Å². The van der Waals surface area contributed by atoms with Gasteiger partial charge in [-0.2, -0.15) is 0 Å². The second-order valence-corrected chi connectivity index (χ2v) is 4.37. The minimum Gasteiger partial charge on any atom is -0.348 e. The molecule has 102 valence electrons. The molecule has 0 fully saturated rings. The van der Waals surface area contributed by atoms with Crippen molar-refractivity contribution in [3.63, 3.8) is 0 Å². The van der Waals surface area contributed by atoms with Crippen molar-refractivity contribution in [3.8, 4) is 0 Å². The second kappa shape index (κ2) is 6.12. The molecule has 0 atom stereocenters. The maximum atomic E-state index is 12.0. The third kappa shape index (κ3) is 3.30. The van der Waals surface area contributed by atoms with Crippen LogP contribution in [0.15, 0.2) is 42.7 Å². The van der Waals surface area contributed by atoms with E-state index >= 15 is 0 Å². The highest BCUT2D eigenvalue weighted by molar-refractivity contribution is 6.33. The van der Waals surface area contributed by atoms with E-state index < -0.39 is 10.8 Å². The molecule has 0 aliphatic rings. The third-order valence-corrected chi connectivity index (χ3v) is 2.94. The van der Waals surface area contributed by atoms with Crippen molar-refractivity contribution in [2.45, 2.75) is 6.54 Å². The van der Waals surface area contributed by atoms with Crippen molar-refractivity contribution < 1.29 is 9.72 Å². The first-order valence-corrected chi connectivity index (χ1v) is 6.07. The van der Waals surface area contributed by atoms with Crippen LogP contribution in [-0.4, -0.2) is 15.8 Å². The van der Waals surface area contributed by atoms with Gasteiger partial charge in [0.25, 0.3) is 11.6 Å². The summed E-state index contributed by atoms with van der Waals surface area (Å²) in [5.41, 5.74) is 0.772. The number of amides is 1. The Hall–Kier alpha value is -2.47. The van der Waals surface area contributed by atoms with Gasteiger partial charge in [0, 0.05) is 31.1 Å². The van der Waals surface area contributed by atoms with Gasteiger partial charge in [0.15, 0.2) is 0 Å². The lowest BCUT2D eigenvalue weighted by molar-refractivity contribution is -0.384. The molecule has 0 unspecified atom stereocenters. The Morgan fingerprint density at radius 1 is 1.30 bits per heavy atom. The van der Waals surface area contributed by atoms with Crippen LogP contribution in [0.4, 0.5) is 5.69 Å². The number of nitrogens with one attached hydrogen (secondary N) is 1. The van der Waals surface area contributed by atoms with E-state index in [1.165, 1.54) is 12.1 Å². The molecule has 0 spiro atoms. The summed E-state index contributed by atoms with van der Waals surface area (Å²) >= 11 is 5.88. The van der Waals surface area contributed by atoms with E-state index in [9.17, 15) is 14.9 Å². The quantitative estimate of drug-likeness (QED) is 0.693. The lowest BCUT2D eigenvalue weighted by atomic mass is 10.2. The zero-order chi connectivity index (χ0) is 14.5. The summed E-state index contributed by atoms with van der Waals surface area (Å²) < 4.78 is 0. The van der Waals surface area contributed by atoms with Gasteiger partial charge in [0.2, 0.25) is 0 Å². The number of rotatable bonds is 4. The minimum atomic E-state index is -0.573. The number of pyridine rings is 1. The molecule has 20 heavy (non-hydrogen) atoms. The van der Waals surface area contributed by atoms with Crippen molar-refractivity contribution >= 4 is 23.2 Å². The first kappa shape index (κ1) is 14.0. The number of carbonyl (C=O) groups is 1. The van der Waals surface area contributed by atoms with Crippen LogP contribution in [0, 0.1) is 10.1 Å². The molecule has 0 aliphatic carbocycles. The first-order valence-electron chi connectivity index (χ1n) is 5.69. The molecule has 0 bridgehead atoms. The monoisotopic (exact) mass is 291 g/mol. The number of non-ortho nitro benzene ring substituents is 1. The predicted molar refractivity (Wildman–Crippen MR) is 73.5 cm³/mol. The molecule has 0 aliphatic heterocycles. The Kier molecular flexibility index (Phi) is 4.27. The molecule has 0 saturated heterocycles. The Balaban J connectivity index is 2.13. The van der Waals surface area contributed by atoms with Crippen LogP contribution in [0.25, 0.3) is 0 Å².